The first-order valence-corrected chi connectivity index (χ1v) is 11.8. The lowest BCUT2D eigenvalue weighted by atomic mass is 10.1. The van der Waals surface area contributed by atoms with E-state index in [4.69, 9.17) is 9.73 Å². The first-order valence-electron chi connectivity index (χ1n) is 11.0. The number of pyridine rings is 1. The second-order valence-electron chi connectivity index (χ2n) is 8.50. The SMILES string of the molecule is COc1c(C(=O)N(C)C)cnc2ccc(/C=C3\SC(=N[C@@H]4C[C@H]4c4ccccc4)NC3=O)cc12. The summed E-state index contributed by atoms with van der Waals surface area (Å²) >= 11 is 1.35. The fourth-order valence-electron chi connectivity index (χ4n) is 4.06. The van der Waals surface area contributed by atoms with E-state index in [-0.39, 0.29) is 17.9 Å². The third kappa shape index (κ3) is 4.28. The van der Waals surface area contributed by atoms with Crippen LogP contribution in [-0.4, -0.2) is 54.1 Å². The number of aliphatic imine (C=N–C) groups is 1. The summed E-state index contributed by atoms with van der Waals surface area (Å²) in [4.78, 5) is 36.3. The quantitative estimate of drug-likeness (QED) is 0.566. The zero-order valence-electron chi connectivity index (χ0n) is 19.1. The second-order valence-corrected chi connectivity index (χ2v) is 9.53. The average Bonchev–Trinajstić information content (AvgIpc) is 3.53. The van der Waals surface area contributed by atoms with Gasteiger partial charge in [0.25, 0.3) is 11.8 Å². The van der Waals surface area contributed by atoms with E-state index in [1.165, 1.54) is 35.5 Å². The van der Waals surface area contributed by atoms with Gasteiger partial charge in [-0.2, -0.15) is 0 Å². The van der Waals surface area contributed by atoms with Gasteiger partial charge in [0.2, 0.25) is 0 Å². The van der Waals surface area contributed by atoms with E-state index in [9.17, 15) is 9.59 Å². The van der Waals surface area contributed by atoms with Crippen molar-refractivity contribution < 1.29 is 14.3 Å². The molecule has 0 unspecified atom stereocenters. The molecular formula is C26H24N4O3S. The van der Waals surface area contributed by atoms with Gasteiger partial charge >= 0.3 is 0 Å². The van der Waals surface area contributed by atoms with Gasteiger partial charge < -0.3 is 15.0 Å². The fraction of sp³-hybridized carbons (Fsp3) is 0.231. The van der Waals surface area contributed by atoms with Crippen molar-refractivity contribution in [2.24, 2.45) is 4.99 Å². The number of rotatable bonds is 5. The van der Waals surface area contributed by atoms with Crippen molar-refractivity contribution >= 4 is 45.7 Å². The Kier molecular flexibility index (Phi) is 5.83. The number of fused-ring (bicyclic) bond motifs is 1. The van der Waals surface area contributed by atoms with Crippen molar-refractivity contribution in [3.63, 3.8) is 0 Å². The van der Waals surface area contributed by atoms with Crippen molar-refractivity contribution in [1.82, 2.24) is 15.2 Å². The number of ether oxygens (including phenoxy) is 1. The van der Waals surface area contributed by atoms with Crippen LogP contribution in [0.1, 0.15) is 33.8 Å². The molecule has 2 fully saturated rings. The van der Waals surface area contributed by atoms with E-state index < -0.39 is 0 Å². The number of hydrogen-bond acceptors (Lipinski definition) is 6. The second kappa shape index (κ2) is 8.95. The molecule has 1 aromatic heterocycles. The molecule has 172 valence electrons. The van der Waals surface area contributed by atoms with Crippen LogP contribution in [0.4, 0.5) is 0 Å². The van der Waals surface area contributed by atoms with E-state index in [1.54, 1.807) is 14.1 Å². The maximum Gasteiger partial charge on any atom is 0.264 e. The molecule has 2 atom stereocenters. The van der Waals surface area contributed by atoms with Crippen LogP contribution in [0.3, 0.4) is 0 Å². The molecule has 1 aliphatic carbocycles. The van der Waals surface area contributed by atoms with E-state index in [2.05, 4.69) is 22.4 Å². The molecule has 2 aliphatic rings. The molecule has 0 spiro atoms. The third-order valence-electron chi connectivity index (χ3n) is 5.90. The predicted molar refractivity (Wildman–Crippen MR) is 135 cm³/mol. The van der Waals surface area contributed by atoms with Crippen LogP contribution in [0.2, 0.25) is 0 Å². The summed E-state index contributed by atoms with van der Waals surface area (Å²) in [7, 11) is 4.91. The summed E-state index contributed by atoms with van der Waals surface area (Å²) in [5, 5.41) is 4.23. The van der Waals surface area contributed by atoms with Crippen LogP contribution in [0.15, 0.2) is 64.6 Å². The summed E-state index contributed by atoms with van der Waals surface area (Å²) in [5.41, 5.74) is 3.20. The Morgan fingerprint density at radius 2 is 2.03 bits per heavy atom. The van der Waals surface area contributed by atoms with Gasteiger partial charge in [0.05, 0.1) is 23.6 Å². The van der Waals surface area contributed by atoms with Crippen LogP contribution < -0.4 is 10.1 Å². The number of nitrogens with zero attached hydrogens (tertiary/aromatic N) is 3. The number of methoxy groups -OCH3 is 1. The van der Waals surface area contributed by atoms with Crippen LogP contribution in [0.25, 0.3) is 17.0 Å². The highest BCUT2D eigenvalue weighted by molar-refractivity contribution is 8.18. The van der Waals surface area contributed by atoms with Crippen LogP contribution in [0, 0.1) is 0 Å². The fourth-order valence-corrected chi connectivity index (χ4v) is 4.94. The Labute approximate surface area is 201 Å². The minimum Gasteiger partial charge on any atom is -0.495 e. The molecular weight excluding hydrogens is 448 g/mol. The third-order valence-corrected chi connectivity index (χ3v) is 6.82. The first kappa shape index (κ1) is 22.2. The molecule has 34 heavy (non-hydrogen) atoms. The maximum atomic E-state index is 12.6. The molecule has 1 N–H and O–H groups in total. The summed E-state index contributed by atoms with van der Waals surface area (Å²) < 4.78 is 5.58. The number of carbonyl (C=O) groups is 2. The Bertz CT molecular complexity index is 1350. The number of amides is 2. The molecule has 5 rings (SSSR count). The van der Waals surface area contributed by atoms with Gasteiger partial charge in [-0.15, -0.1) is 0 Å². The monoisotopic (exact) mass is 472 g/mol. The Hall–Kier alpha value is -3.65. The Morgan fingerprint density at radius 3 is 2.76 bits per heavy atom. The maximum absolute atomic E-state index is 12.6. The van der Waals surface area contributed by atoms with Crippen LogP contribution in [0.5, 0.6) is 5.75 Å². The van der Waals surface area contributed by atoms with Crippen molar-refractivity contribution in [3.8, 4) is 5.75 Å². The highest BCUT2D eigenvalue weighted by atomic mass is 32.2. The highest BCUT2D eigenvalue weighted by Crippen LogP contribution is 2.44. The molecule has 2 aromatic carbocycles. The number of amidine groups is 1. The average molecular weight is 473 g/mol. The molecule has 2 heterocycles. The largest absolute Gasteiger partial charge is 0.495 e. The van der Waals surface area contributed by atoms with Gasteiger partial charge in [0.15, 0.2) is 5.17 Å². The number of aromatic nitrogens is 1. The summed E-state index contributed by atoms with van der Waals surface area (Å²) in [6, 6.07) is 16.2. The number of carbonyl (C=O) groups excluding carboxylic acids is 2. The molecule has 0 radical (unpaired) electrons. The van der Waals surface area contributed by atoms with Gasteiger partial charge in [0.1, 0.15) is 11.3 Å². The van der Waals surface area contributed by atoms with Gasteiger partial charge in [-0.3, -0.25) is 19.6 Å². The molecule has 3 aromatic rings. The molecule has 1 saturated heterocycles. The lowest BCUT2D eigenvalue weighted by molar-refractivity contribution is -0.115. The van der Waals surface area contributed by atoms with Crippen molar-refractivity contribution in [3.05, 3.63) is 76.3 Å². The molecule has 2 amide bonds. The van der Waals surface area contributed by atoms with Gasteiger partial charge in [-0.25, -0.2) is 0 Å². The van der Waals surface area contributed by atoms with Gasteiger partial charge in [0, 0.05) is 31.6 Å². The first-order chi connectivity index (χ1) is 16.4. The summed E-state index contributed by atoms with van der Waals surface area (Å²) in [6.45, 7) is 0. The Morgan fingerprint density at radius 1 is 1.24 bits per heavy atom. The summed E-state index contributed by atoms with van der Waals surface area (Å²) in [5.74, 6) is 0.534. The lowest BCUT2D eigenvalue weighted by Gasteiger charge is -2.15. The normalized spacial score (nSPS) is 21.7. The molecule has 1 saturated carbocycles. The number of hydrogen-bond donors (Lipinski definition) is 1. The van der Waals surface area contributed by atoms with E-state index in [0.29, 0.717) is 38.2 Å². The van der Waals surface area contributed by atoms with E-state index in [1.807, 2.05) is 42.5 Å². The van der Waals surface area contributed by atoms with Gasteiger partial charge in [-0.05, 0) is 47.5 Å². The van der Waals surface area contributed by atoms with Crippen molar-refractivity contribution in [2.45, 2.75) is 18.4 Å². The highest BCUT2D eigenvalue weighted by Gasteiger charge is 2.39. The van der Waals surface area contributed by atoms with Crippen LogP contribution in [-0.2, 0) is 4.79 Å². The number of benzene rings is 2. The number of thioether (sulfide) groups is 1. The van der Waals surface area contributed by atoms with E-state index in [0.717, 1.165) is 12.0 Å². The minimum absolute atomic E-state index is 0.164. The van der Waals surface area contributed by atoms with Crippen molar-refractivity contribution in [1.29, 1.82) is 0 Å². The van der Waals surface area contributed by atoms with Crippen LogP contribution >= 0.6 is 11.8 Å². The Balaban J connectivity index is 1.40. The molecule has 0 bridgehead atoms. The minimum atomic E-state index is -0.185. The predicted octanol–water partition coefficient (Wildman–Crippen LogP) is 4.06. The molecule has 8 heteroatoms. The smallest absolute Gasteiger partial charge is 0.264 e. The standard InChI is InChI=1S/C26H24N4O3S/c1-30(2)25(32)19-14-27-20-10-9-15(11-18(20)23(19)33-3)12-22-24(31)29-26(34-22)28-21-13-17(21)16-7-5-4-6-8-16/h4-12,14,17,21H,13H2,1-3H3,(H,28,29,31)/b22-12-/t17-,21+/m0/s1. The zero-order chi connectivity index (χ0) is 23.8. The molecule has 1 aliphatic heterocycles. The topological polar surface area (TPSA) is 83.9 Å². The number of nitrogens with one attached hydrogen (secondary N) is 1. The lowest BCUT2D eigenvalue weighted by Crippen LogP contribution is -2.22. The van der Waals surface area contributed by atoms with E-state index >= 15 is 0 Å². The molecule has 7 nitrogen and oxygen atoms in total. The zero-order valence-corrected chi connectivity index (χ0v) is 19.9. The van der Waals surface area contributed by atoms with Crippen molar-refractivity contribution in [2.75, 3.05) is 21.2 Å². The summed E-state index contributed by atoms with van der Waals surface area (Å²) in [6.07, 6.45) is 4.35. The van der Waals surface area contributed by atoms with Gasteiger partial charge in [-0.1, -0.05) is 36.4 Å².